The molecule has 0 amide bonds. The number of hydrazine groups is 1. The van der Waals surface area contributed by atoms with Crippen molar-refractivity contribution in [2.75, 3.05) is 16.9 Å². The standard InChI is InChI=1S/C15H17N5/c16-10-5-11-20(14-7-2-1-3-8-14)12-13-6-4-9-15(18-13)19-17/h1-4,6-9H,5,11-12,17H2,(H,18,19). The highest BCUT2D eigenvalue weighted by atomic mass is 15.3. The van der Waals surface area contributed by atoms with Gasteiger partial charge in [0.1, 0.15) is 5.82 Å². The fourth-order valence-corrected chi connectivity index (χ4v) is 1.97. The van der Waals surface area contributed by atoms with Gasteiger partial charge in [0.05, 0.1) is 24.7 Å². The Hall–Kier alpha value is -2.58. The molecular weight excluding hydrogens is 250 g/mol. The third-order valence-electron chi connectivity index (χ3n) is 2.92. The van der Waals surface area contributed by atoms with Crippen LogP contribution in [0.4, 0.5) is 11.5 Å². The number of hydrogen-bond acceptors (Lipinski definition) is 5. The zero-order valence-corrected chi connectivity index (χ0v) is 11.2. The van der Waals surface area contributed by atoms with Gasteiger partial charge in [0, 0.05) is 12.2 Å². The Morgan fingerprint density at radius 1 is 1.15 bits per heavy atom. The summed E-state index contributed by atoms with van der Waals surface area (Å²) in [5.41, 5.74) is 4.53. The minimum atomic E-state index is 0.476. The van der Waals surface area contributed by atoms with Gasteiger partial charge in [0.2, 0.25) is 0 Å². The van der Waals surface area contributed by atoms with E-state index in [4.69, 9.17) is 11.1 Å². The number of nitrogens with one attached hydrogen (secondary N) is 1. The van der Waals surface area contributed by atoms with Crippen LogP contribution in [0.1, 0.15) is 12.1 Å². The average Bonchev–Trinajstić information content (AvgIpc) is 2.52. The van der Waals surface area contributed by atoms with Crippen molar-refractivity contribution < 1.29 is 0 Å². The molecule has 0 aliphatic rings. The van der Waals surface area contributed by atoms with Crippen LogP contribution in [0.2, 0.25) is 0 Å². The number of hydrogen-bond donors (Lipinski definition) is 2. The molecule has 5 heteroatoms. The first-order valence-electron chi connectivity index (χ1n) is 6.43. The van der Waals surface area contributed by atoms with Gasteiger partial charge in [0.25, 0.3) is 0 Å². The van der Waals surface area contributed by atoms with E-state index in [1.54, 1.807) is 0 Å². The van der Waals surface area contributed by atoms with Crippen LogP contribution >= 0.6 is 0 Å². The largest absolute Gasteiger partial charge is 0.365 e. The molecule has 1 heterocycles. The molecule has 0 fully saturated rings. The maximum atomic E-state index is 8.79. The van der Waals surface area contributed by atoms with Crippen molar-refractivity contribution in [3.63, 3.8) is 0 Å². The molecule has 3 N–H and O–H groups in total. The zero-order valence-electron chi connectivity index (χ0n) is 11.2. The summed E-state index contributed by atoms with van der Waals surface area (Å²) in [5.74, 6) is 6.01. The van der Waals surface area contributed by atoms with E-state index in [1.807, 2.05) is 48.5 Å². The lowest BCUT2D eigenvalue weighted by molar-refractivity contribution is 0.781. The number of pyridine rings is 1. The summed E-state index contributed by atoms with van der Waals surface area (Å²) >= 11 is 0. The van der Waals surface area contributed by atoms with Crippen molar-refractivity contribution in [3.8, 4) is 6.07 Å². The Labute approximate surface area is 118 Å². The predicted octanol–water partition coefficient (Wildman–Crippen LogP) is 2.29. The highest BCUT2D eigenvalue weighted by Gasteiger charge is 2.08. The topological polar surface area (TPSA) is 78.0 Å². The average molecular weight is 267 g/mol. The van der Waals surface area contributed by atoms with Crippen LogP contribution in [0.25, 0.3) is 0 Å². The van der Waals surface area contributed by atoms with E-state index in [1.165, 1.54) is 0 Å². The van der Waals surface area contributed by atoms with E-state index in [9.17, 15) is 0 Å². The Bertz CT molecular complexity index is 576. The van der Waals surface area contributed by atoms with E-state index >= 15 is 0 Å². The summed E-state index contributed by atoms with van der Waals surface area (Å²) in [6.07, 6.45) is 0.476. The van der Waals surface area contributed by atoms with Crippen LogP contribution in [0.15, 0.2) is 48.5 Å². The maximum Gasteiger partial charge on any atom is 0.140 e. The molecule has 1 aromatic carbocycles. The molecule has 0 radical (unpaired) electrons. The molecule has 0 saturated heterocycles. The molecule has 0 aliphatic carbocycles. The van der Waals surface area contributed by atoms with Gasteiger partial charge < -0.3 is 10.3 Å². The van der Waals surface area contributed by atoms with Gasteiger partial charge in [0.15, 0.2) is 0 Å². The molecule has 5 nitrogen and oxygen atoms in total. The summed E-state index contributed by atoms with van der Waals surface area (Å²) < 4.78 is 0. The van der Waals surface area contributed by atoms with Crippen molar-refractivity contribution in [2.24, 2.45) is 5.84 Å². The molecule has 0 unspecified atom stereocenters. The summed E-state index contributed by atoms with van der Waals surface area (Å²) in [6, 6.07) is 17.9. The monoisotopic (exact) mass is 267 g/mol. The molecule has 2 rings (SSSR count). The number of nitrogen functional groups attached to an aromatic ring is 1. The van der Waals surface area contributed by atoms with Crippen molar-refractivity contribution in [3.05, 3.63) is 54.2 Å². The van der Waals surface area contributed by atoms with Gasteiger partial charge in [-0.1, -0.05) is 24.3 Å². The van der Waals surface area contributed by atoms with E-state index in [0.717, 1.165) is 11.4 Å². The van der Waals surface area contributed by atoms with Crippen LogP contribution in [0, 0.1) is 11.3 Å². The third kappa shape index (κ3) is 3.70. The first kappa shape index (κ1) is 13.8. The normalized spacial score (nSPS) is 9.80. The fourth-order valence-electron chi connectivity index (χ4n) is 1.97. The summed E-state index contributed by atoms with van der Waals surface area (Å²) in [7, 11) is 0. The number of para-hydroxylation sites is 1. The lowest BCUT2D eigenvalue weighted by atomic mass is 10.2. The molecule has 0 saturated carbocycles. The van der Waals surface area contributed by atoms with Crippen LogP contribution in [-0.2, 0) is 6.54 Å². The predicted molar refractivity (Wildman–Crippen MR) is 79.8 cm³/mol. The van der Waals surface area contributed by atoms with E-state index < -0.39 is 0 Å². The highest BCUT2D eigenvalue weighted by Crippen LogP contribution is 2.17. The van der Waals surface area contributed by atoms with E-state index in [0.29, 0.717) is 25.3 Å². The van der Waals surface area contributed by atoms with Gasteiger partial charge in [-0.25, -0.2) is 10.8 Å². The molecule has 102 valence electrons. The second-order valence-corrected chi connectivity index (χ2v) is 4.32. The zero-order chi connectivity index (χ0) is 14.2. The Balaban J connectivity index is 2.17. The first-order valence-corrected chi connectivity index (χ1v) is 6.43. The van der Waals surface area contributed by atoms with E-state index in [2.05, 4.69) is 21.4 Å². The molecule has 20 heavy (non-hydrogen) atoms. The second-order valence-electron chi connectivity index (χ2n) is 4.32. The van der Waals surface area contributed by atoms with Gasteiger partial charge >= 0.3 is 0 Å². The molecule has 0 aliphatic heterocycles. The molecular formula is C15H17N5. The fraction of sp³-hybridized carbons (Fsp3) is 0.200. The molecule has 0 bridgehead atoms. The Morgan fingerprint density at radius 3 is 2.65 bits per heavy atom. The van der Waals surface area contributed by atoms with Gasteiger partial charge in [-0.15, -0.1) is 0 Å². The summed E-state index contributed by atoms with van der Waals surface area (Å²) in [6.45, 7) is 1.31. The van der Waals surface area contributed by atoms with Crippen LogP contribution in [-0.4, -0.2) is 11.5 Å². The number of rotatable bonds is 6. The molecule has 0 spiro atoms. The molecule has 2 aromatic rings. The quantitative estimate of drug-likeness (QED) is 0.620. The highest BCUT2D eigenvalue weighted by molar-refractivity contribution is 5.46. The number of nitrogens with two attached hydrogens (primary N) is 1. The number of nitriles is 1. The smallest absolute Gasteiger partial charge is 0.140 e. The van der Waals surface area contributed by atoms with Crippen LogP contribution in [0.3, 0.4) is 0 Å². The third-order valence-corrected chi connectivity index (χ3v) is 2.92. The first-order chi connectivity index (χ1) is 9.83. The Kier molecular flexibility index (Phi) is 4.93. The number of nitrogens with zero attached hydrogens (tertiary/aromatic N) is 3. The Morgan fingerprint density at radius 2 is 1.95 bits per heavy atom. The maximum absolute atomic E-state index is 8.79. The minimum Gasteiger partial charge on any atom is -0.365 e. The number of anilines is 2. The van der Waals surface area contributed by atoms with Crippen LogP contribution in [0.5, 0.6) is 0 Å². The summed E-state index contributed by atoms with van der Waals surface area (Å²) in [5, 5.41) is 8.79. The van der Waals surface area contributed by atoms with E-state index in [-0.39, 0.29) is 0 Å². The number of benzene rings is 1. The summed E-state index contributed by atoms with van der Waals surface area (Å²) in [4.78, 5) is 6.53. The van der Waals surface area contributed by atoms with Gasteiger partial charge in [-0.05, 0) is 24.3 Å². The second kappa shape index (κ2) is 7.12. The minimum absolute atomic E-state index is 0.476. The van der Waals surface area contributed by atoms with Crippen molar-refractivity contribution in [1.82, 2.24) is 4.98 Å². The van der Waals surface area contributed by atoms with Gasteiger partial charge in [-0.3, -0.25) is 0 Å². The van der Waals surface area contributed by atoms with Crippen molar-refractivity contribution in [1.29, 1.82) is 5.26 Å². The van der Waals surface area contributed by atoms with Crippen LogP contribution < -0.4 is 16.2 Å². The SMILES string of the molecule is N#CCCN(Cc1cccc(NN)n1)c1ccccc1. The molecule has 0 atom stereocenters. The van der Waals surface area contributed by atoms with Crippen molar-refractivity contribution in [2.45, 2.75) is 13.0 Å². The molecule has 1 aromatic heterocycles. The van der Waals surface area contributed by atoms with Gasteiger partial charge in [-0.2, -0.15) is 5.26 Å². The van der Waals surface area contributed by atoms with Crippen molar-refractivity contribution >= 4 is 11.5 Å². The lowest BCUT2D eigenvalue weighted by Gasteiger charge is -2.23. The number of aromatic nitrogens is 1. The lowest BCUT2D eigenvalue weighted by Crippen LogP contribution is -2.24.